The first-order valence-corrected chi connectivity index (χ1v) is 9.47. The summed E-state index contributed by atoms with van der Waals surface area (Å²) in [6.07, 6.45) is 5.73. The molecule has 0 aromatic carbocycles. The van der Waals surface area contributed by atoms with E-state index >= 15 is 0 Å². The topological polar surface area (TPSA) is 58.6 Å². The molecule has 1 N–H and O–H groups in total. The second kappa shape index (κ2) is 6.30. The third kappa shape index (κ3) is 3.35. The van der Waals surface area contributed by atoms with Crippen LogP contribution in [-0.2, 0) is 14.8 Å². The molecule has 1 saturated carbocycles. The molecule has 0 aromatic rings. The Hall–Kier alpha value is -0.170. The van der Waals surface area contributed by atoms with Crippen LogP contribution in [0.25, 0.3) is 0 Å². The van der Waals surface area contributed by atoms with E-state index in [-0.39, 0.29) is 11.3 Å². The summed E-state index contributed by atoms with van der Waals surface area (Å²) in [5, 5.41) is 3.17. The van der Waals surface area contributed by atoms with Gasteiger partial charge >= 0.3 is 0 Å². The molecule has 20 heavy (non-hydrogen) atoms. The van der Waals surface area contributed by atoms with Crippen molar-refractivity contribution in [3.8, 4) is 0 Å². The van der Waals surface area contributed by atoms with E-state index in [0.29, 0.717) is 32.0 Å². The van der Waals surface area contributed by atoms with E-state index in [1.54, 1.807) is 0 Å². The highest BCUT2D eigenvalue weighted by atomic mass is 32.2. The number of rotatable bonds is 5. The Morgan fingerprint density at radius 3 is 2.45 bits per heavy atom. The first kappa shape index (κ1) is 14.8. The highest BCUT2D eigenvalue weighted by Gasteiger charge is 2.42. The third-order valence-corrected chi connectivity index (χ3v) is 7.12. The van der Waals surface area contributed by atoms with Gasteiger partial charge in [0.15, 0.2) is 0 Å². The minimum absolute atomic E-state index is 0.214. The van der Waals surface area contributed by atoms with Crippen molar-refractivity contribution in [1.29, 1.82) is 0 Å². The number of piperidine rings is 1. The van der Waals surface area contributed by atoms with Gasteiger partial charge in [-0.15, -0.1) is 0 Å². The van der Waals surface area contributed by atoms with Crippen LogP contribution in [0.15, 0.2) is 0 Å². The average Bonchev–Trinajstić information content (AvgIpc) is 3.31. The summed E-state index contributed by atoms with van der Waals surface area (Å²) in [4.78, 5) is 0. The van der Waals surface area contributed by atoms with Crippen LogP contribution in [-0.4, -0.2) is 56.9 Å². The summed E-state index contributed by atoms with van der Waals surface area (Å²) < 4.78 is 32.9. The Morgan fingerprint density at radius 2 is 1.85 bits per heavy atom. The lowest BCUT2D eigenvalue weighted by molar-refractivity contribution is 0.0969. The summed E-state index contributed by atoms with van der Waals surface area (Å²) >= 11 is 0. The number of ether oxygens (including phenoxy) is 1. The monoisotopic (exact) mass is 302 g/mol. The van der Waals surface area contributed by atoms with Crippen LogP contribution < -0.4 is 5.32 Å². The molecule has 0 spiro atoms. The van der Waals surface area contributed by atoms with E-state index in [9.17, 15) is 8.42 Å². The zero-order valence-electron chi connectivity index (χ0n) is 12.1. The zero-order valence-corrected chi connectivity index (χ0v) is 12.9. The second-order valence-corrected chi connectivity index (χ2v) is 8.54. The van der Waals surface area contributed by atoms with Crippen molar-refractivity contribution < 1.29 is 13.2 Å². The molecule has 3 aliphatic rings. The summed E-state index contributed by atoms with van der Waals surface area (Å²) in [6, 6.07) is 0.282. The van der Waals surface area contributed by atoms with Crippen LogP contribution in [0.4, 0.5) is 0 Å². The lowest BCUT2D eigenvalue weighted by Gasteiger charge is -2.33. The quantitative estimate of drug-likeness (QED) is 0.822. The Kier molecular flexibility index (Phi) is 4.65. The molecule has 2 aliphatic heterocycles. The van der Waals surface area contributed by atoms with Crippen LogP contribution in [0.2, 0.25) is 0 Å². The standard InChI is InChI=1S/C14H26N2O3S/c17-20(18,14-5-8-19-9-6-14)16(13-3-4-13)11-12-2-1-7-15-10-12/h12-15H,1-11H2. The maximum atomic E-state index is 12.9. The zero-order chi connectivity index (χ0) is 14.0. The molecule has 2 heterocycles. The minimum atomic E-state index is -3.13. The van der Waals surface area contributed by atoms with Crippen molar-refractivity contribution in [1.82, 2.24) is 9.62 Å². The van der Waals surface area contributed by atoms with Gasteiger partial charge in [-0.3, -0.25) is 0 Å². The summed E-state index contributed by atoms with van der Waals surface area (Å²) in [7, 11) is -3.13. The smallest absolute Gasteiger partial charge is 0.217 e. The van der Waals surface area contributed by atoms with Crippen LogP contribution in [0.3, 0.4) is 0 Å². The van der Waals surface area contributed by atoms with E-state index in [4.69, 9.17) is 4.74 Å². The molecule has 0 bridgehead atoms. The fraction of sp³-hybridized carbons (Fsp3) is 1.00. The van der Waals surface area contributed by atoms with Gasteiger partial charge in [-0.1, -0.05) is 0 Å². The minimum Gasteiger partial charge on any atom is -0.381 e. The van der Waals surface area contributed by atoms with Gasteiger partial charge in [-0.25, -0.2) is 8.42 Å². The molecule has 6 heteroatoms. The van der Waals surface area contributed by atoms with Gasteiger partial charge in [0.25, 0.3) is 0 Å². The summed E-state index contributed by atoms with van der Waals surface area (Å²) in [5.74, 6) is 0.485. The van der Waals surface area contributed by atoms with E-state index in [1.807, 2.05) is 4.31 Å². The van der Waals surface area contributed by atoms with Crippen molar-refractivity contribution in [3.63, 3.8) is 0 Å². The Bertz CT molecular complexity index is 410. The molecule has 1 atom stereocenters. The first-order chi connectivity index (χ1) is 9.68. The highest BCUT2D eigenvalue weighted by molar-refractivity contribution is 7.89. The van der Waals surface area contributed by atoms with Gasteiger partial charge in [0.1, 0.15) is 0 Å². The van der Waals surface area contributed by atoms with Crippen molar-refractivity contribution in [2.45, 2.75) is 49.8 Å². The molecule has 0 radical (unpaired) electrons. The molecule has 3 fully saturated rings. The first-order valence-electron chi connectivity index (χ1n) is 7.97. The molecule has 1 unspecified atom stereocenters. The lowest BCUT2D eigenvalue weighted by Crippen LogP contribution is -2.46. The van der Waals surface area contributed by atoms with Crippen molar-refractivity contribution in [3.05, 3.63) is 0 Å². The van der Waals surface area contributed by atoms with E-state index < -0.39 is 10.0 Å². The Labute approximate surface area is 122 Å². The molecule has 2 saturated heterocycles. The maximum absolute atomic E-state index is 12.9. The number of hydrogen-bond donors (Lipinski definition) is 1. The van der Waals surface area contributed by atoms with E-state index in [0.717, 1.165) is 38.9 Å². The van der Waals surface area contributed by atoms with E-state index in [1.165, 1.54) is 6.42 Å². The van der Waals surface area contributed by atoms with Crippen LogP contribution >= 0.6 is 0 Å². The fourth-order valence-corrected chi connectivity index (χ4v) is 5.54. The van der Waals surface area contributed by atoms with Gasteiger partial charge < -0.3 is 10.1 Å². The van der Waals surface area contributed by atoms with E-state index in [2.05, 4.69) is 5.32 Å². The maximum Gasteiger partial charge on any atom is 0.217 e. The van der Waals surface area contributed by atoms with Gasteiger partial charge in [-0.2, -0.15) is 4.31 Å². The second-order valence-electron chi connectivity index (χ2n) is 6.37. The molecule has 116 valence electrons. The molecule has 0 amide bonds. The van der Waals surface area contributed by atoms with Crippen LogP contribution in [0, 0.1) is 5.92 Å². The predicted molar refractivity (Wildman–Crippen MR) is 78.1 cm³/mol. The number of sulfonamides is 1. The highest BCUT2D eigenvalue weighted by Crippen LogP contribution is 2.34. The fourth-order valence-electron chi connectivity index (χ4n) is 3.32. The SMILES string of the molecule is O=S(=O)(C1CCOCC1)N(CC1CCCNC1)C1CC1. The van der Waals surface area contributed by atoms with Crippen LogP contribution in [0.1, 0.15) is 38.5 Å². The largest absolute Gasteiger partial charge is 0.381 e. The van der Waals surface area contributed by atoms with Gasteiger partial charge in [0.2, 0.25) is 10.0 Å². The van der Waals surface area contributed by atoms with Gasteiger partial charge in [0.05, 0.1) is 5.25 Å². The predicted octanol–water partition coefficient (Wildman–Crippen LogP) is 0.959. The summed E-state index contributed by atoms with van der Waals surface area (Å²) in [5.41, 5.74) is 0. The van der Waals surface area contributed by atoms with Gasteiger partial charge in [0, 0.05) is 25.8 Å². The number of hydrogen-bond acceptors (Lipinski definition) is 4. The number of nitrogens with one attached hydrogen (secondary N) is 1. The molecule has 3 rings (SSSR count). The van der Waals surface area contributed by atoms with Gasteiger partial charge in [-0.05, 0) is 57.5 Å². The number of nitrogens with zero attached hydrogens (tertiary/aromatic N) is 1. The molecule has 5 nitrogen and oxygen atoms in total. The molecule has 1 aliphatic carbocycles. The molecular formula is C14H26N2O3S. The molecule has 0 aromatic heterocycles. The van der Waals surface area contributed by atoms with Crippen molar-refractivity contribution in [2.75, 3.05) is 32.8 Å². The Morgan fingerprint density at radius 1 is 1.10 bits per heavy atom. The Balaban J connectivity index is 1.68. The third-order valence-electron chi connectivity index (χ3n) is 4.71. The lowest BCUT2D eigenvalue weighted by atomic mass is 10.00. The van der Waals surface area contributed by atoms with Crippen LogP contribution in [0.5, 0.6) is 0 Å². The average molecular weight is 302 g/mol. The molecular weight excluding hydrogens is 276 g/mol. The van der Waals surface area contributed by atoms with Crippen molar-refractivity contribution >= 4 is 10.0 Å². The van der Waals surface area contributed by atoms with Crippen molar-refractivity contribution in [2.24, 2.45) is 5.92 Å². The normalized spacial score (nSPS) is 29.8. The summed E-state index contributed by atoms with van der Waals surface area (Å²) in [6.45, 7) is 3.94.